The summed E-state index contributed by atoms with van der Waals surface area (Å²) in [5.74, 6) is 0.00398. The van der Waals surface area contributed by atoms with Crippen LogP contribution in [0.25, 0.3) is 21.7 Å². The number of aliphatic hydroxyl groups is 2. The Morgan fingerprint density at radius 2 is 1.25 bits per heavy atom. The summed E-state index contributed by atoms with van der Waals surface area (Å²) in [7, 11) is 3.92. The lowest BCUT2D eigenvalue weighted by Gasteiger charge is -2.18. The summed E-state index contributed by atoms with van der Waals surface area (Å²) in [6, 6.07) is 33.5. The van der Waals surface area contributed by atoms with Crippen molar-refractivity contribution in [2.75, 3.05) is 47.0 Å². The number of esters is 1. The van der Waals surface area contributed by atoms with Gasteiger partial charge in [-0.3, -0.25) is 24.1 Å². The summed E-state index contributed by atoms with van der Waals surface area (Å²) >= 11 is 0. The van der Waals surface area contributed by atoms with E-state index in [9.17, 15) is 19.2 Å². The third kappa shape index (κ3) is 12.8. The van der Waals surface area contributed by atoms with Crippen LogP contribution in [0.3, 0.4) is 0 Å². The molecule has 60 heavy (non-hydrogen) atoms. The zero-order valence-corrected chi connectivity index (χ0v) is 34.8. The molecule has 1 heterocycles. The SMILES string of the molecule is CCN(CC)Cc1ccc2cc(COC(=O)Cc3ccc(C(=O)CO)cc3)ccc2c1.CN(C)Cc1c(C(=O)CCCOc2ccc(C(=O)CO)cc2)oc2ccccc12. The van der Waals surface area contributed by atoms with E-state index in [1.54, 1.807) is 48.5 Å². The second kappa shape index (κ2) is 22.4. The minimum Gasteiger partial charge on any atom is -0.494 e. The van der Waals surface area contributed by atoms with Crippen molar-refractivity contribution in [3.8, 4) is 5.75 Å². The Morgan fingerprint density at radius 1 is 0.667 bits per heavy atom. The van der Waals surface area contributed by atoms with Crippen LogP contribution in [0, 0.1) is 0 Å². The van der Waals surface area contributed by atoms with Gasteiger partial charge >= 0.3 is 5.97 Å². The Hall–Kier alpha value is -5.98. The fraction of sp³-hybridized carbons (Fsp3) is 0.306. The molecule has 11 nitrogen and oxygen atoms in total. The number of aliphatic hydroxyl groups excluding tert-OH is 2. The molecule has 0 fully saturated rings. The number of nitrogens with zero attached hydrogens (tertiary/aromatic N) is 2. The van der Waals surface area contributed by atoms with Crippen LogP contribution in [-0.2, 0) is 35.6 Å². The van der Waals surface area contributed by atoms with E-state index in [0.717, 1.165) is 52.7 Å². The van der Waals surface area contributed by atoms with Gasteiger partial charge in [0.15, 0.2) is 23.1 Å². The van der Waals surface area contributed by atoms with E-state index < -0.39 is 13.2 Å². The number of fused-ring (bicyclic) bond motifs is 2. The lowest BCUT2D eigenvalue weighted by molar-refractivity contribution is -0.144. The van der Waals surface area contributed by atoms with Crippen LogP contribution in [0.2, 0.25) is 0 Å². The van der Waals surface area contributed by atoms with Crippen molar-refractivity contribution in [1.82, 2.24) is 9.80 Å². The number of carbonyl (C=O) groups is 4. The first-order chi connectivity index (χ1) is 29.0. The quantitative estimate of drug-likeness (QED) is 0.0441. The van der Waals surface area contributed by atoms with E-state index in [1.165, 1.54) is 10.9 Å². The summed E-state index contributed by atoms with van der Waals surface area (Å²) in [5, 5.41) is 21.0. The van der Waals surface area contributed by atoms with Gasteiger partial charge in [-0.2, -0.15) is 0 Å². The molecule has 0 spiro atoms. The highest BCUT2D eigenvalue weighted by Crippen LogP contribution is 2.28. The highest BCUT2D eigenvalue weighted by molar-refractivity contribution is 6.00. The van der Waals surface area contributed by atoms with Crippen molar-refractivity contribution in [2.24, 2.45) is 0 Å². The number of ketones is 3. The predicted molar refractivity (Wildman–Crippen MR) is 232 cm³/mol. The van der Waals surface area contributed by atoms with Crippen molar-refractivity contribution >= 4 is 45.1 Å². The van der Waals surface area contributed by atoms with E-state index >= 15 is 0 Å². The average molecular weight is 815 g/mol. The summed E-state index contributed by atoms with van der Waals surface area (Å²) in [4.78, 5) is 52.2. The Bertz CT molecular complexity index is 2360. The fourth-order valence-corrected chi connectivity index (χ4v) is 6.68. The first-order valence-electron chi connectivity index (χ1n) is 20.2. The lowest BCUT2D eigenvalue weighted by Crippen LogP contribution is -2.21. The van der Waals surface area contributed by atoms with Gasteiger partial charge in [-0.25, -0.2) is 0 Å². The average Bonchev–Trinajstić information content (AvgIpc) is 3.63. The number of rotatable bonds is 20. The molecule has 0 unspecified atom stereocenters. The molecule has 0 radical (unpaired) electrons. The normalized spacial score (nSPS) is 11.1. The van der Waals surface area contributed by atoms with Crippen LogP contribution in [-0.4, -0.2) is 90.3 Å². The molecular weight excluding hydrogens is 761 g/mol. The van der Waals surface area contributed by atoms with Crippen LogP contribution >= 0.6 is 0 Å². The summed E-state index contributed by atoms with van der Waals surface area (Å²) in [5.41, 5.74) is 5.51. The maximum absolute atomic E-state index is 12.8. The van der Waals surface area contributed by atoms with Crippen molar-refractivity contribution in [2.45, 2.75) is 52.8 Å². The van der Waals surface area contributed by atoms with Gasteiger partial charge in [-0.15, -0.1) is 0 Å². The maximum Gasteiger partial charge on any atom is 0.310 e. The molecule has 5 aromatic carbocycles. The highest BCUT2D eigenvalue weighted by atomic mass is 16.5. The summed E-state index contributed by atoms with van der Waals surface area (Å²) < 4.78 is 16.9. The Kier molecular flexibility index (Phi) is 16.8. The summed E-state index contributed by atoms with van der Waals surface area (Å²) in [6.07, 6.45) is 1.01. The molecular formula is C49H54N2O9. The molecule has 0 atom stereocenters. The molecule has 0 saturated heterocycles. The standard InChI is InChI=1S/C26H29NO4.C23H25NO5/c1-3-27(4-2)16-20-7-11-24-14-21(8-12-23(24)13-20)18-31-26(30)15-19-5-9-22(10-6-19)25(29)17-28;1-24(2)14-19-18-6-3-4-8-22(18)29-23(19)20(26)7-5-13-28-17-11-9-16(10-12-17)21(27)15-25/h5-14,28H,3-4,15-18H2,1-2H3;3-4,6,8-12,25H,5,7,13-15H2,1-2H3. The molecule has 314 valence electrons. The van der Waals surface area contributed by atoms with Crippen LogP contribution in [0.1, 0.15) is 80.2 Å². The van der Waals surface area contributed by atoms with Gasteiger partial charge in [0.25, 0.3) is 0 Å². The first kappa shape index (κ1) is 45.1. The first-order valence-corrected chi connectivity index (χ1v) is 20.2. The molecule has 6 rings (SSSR count). The third-order valence-electron chi connectivity index (χ3n) is 10.0. The Balaban J connectivity index is 0.000000228. The molecule has 0 aliphatic carbocycles. The van der Waals surface area contributed by atoms with E-state index in [-0.39, 0.29) is 36.3 Å². The molecule has 0 amide bonds. The zero-order valence-electron chi connectivity index (χ0n) is 34.8. The van der Waals surface area contributed by atoms with Gasteiger partial charge in [-0.1, -0.05) is 80.6 Å². The fourth-order valence-electron chi connectivity index (χ4n) is 6.68. The largest absolute Gasteiger partial charge is 0.494 e. The number of furan rings is 1. The molecule has 0 bridgehead atoms. The predicted octanol–water partition coefficient (Wildman–Crippen LogP) is 7.85. The number of hydrogen-bond donors (Lipinski definition) is 2. The number of para-hydroxylation sites is 1. The van der Waals surface area contributed by atoms with Gasteiger partial charge in [0.05, 0.1) is 13.0 Å². The van der Waals surface area contributed by atoms with E-state index in [1.807, 2.05) is 49.3 Å². The monoisotopic (exact) mass is 814 g/mol. The lowest BCUT2D eigenvalue weighted by atomic mass is 10.0. The molecule has 11 heteroatoms. The molecule has 0 aliphatic heterocycles. The van der Waals surface area contributed by atoms with Crippen molar-refractivity contribution in [3.05, 3.63) is 148 Å². The molecule has 6 aromatic rings. The second-order valence-corrected chi connectivity index (χ2v) is 14.7. The minimum absolute atomic E-state index is 0.0365. The van der Waals surface area contributed by atoms with Gasteiger partial charge in [0, 0.05) is 41.6 Å². The summed E-state index contributed by atoms with van der Waals surface area (Å²) in [6.45, 7) is 7.54. The topological polar surface area (TPSA) is 147 Å². The van der Waals surface area contributed by atoms with Crippen molar-refractivity contribution in [3.63, 3.8) is 0 Å². The highest BCUT2D eigenvalue weighted by Gasteiger charge is 2.20. The Morgan fingerprint density at radius 3 is 1.87 bits per heavy atom. The number of Topliss-reactive ketones (excluding diaryl/α,β-unsaturated/α-hetero) is 3. The van der Waals surface area contributed by atoms with Crippen molar-refractivity contribution < 1.29 is 43.3 Å². The maximum atomic E-state index is 12.8. The Labute approximate surface area is 351 Å². The number of ether oxygens (including phenoxy) is 2. The van der Waals surface area contributed by atoms with E-state index in [2.05, 4.69) is 49.1 Å². The van der Waals surface area contributed by atoms with Crippen molar-refractivity contribution in [1.29, 1.82) is 0 Å². The second-order valence-electron chi connectivity index (χ2n) is 14.7. The molecule has 0 aliphatic rings. The van der Waals surface area contributed by atoms with E-state index in [0.29, 0.717) is 48.6 Å². The van der Waals surface area contributed by atoms with Gasteiger partial charge in [-0.05, 0) is 104 Å². The number of hydrogen-bond acceptors (Lipinski definition) is 11. The number of benzene rings is 5. The smallest absolute Gasteiger partial charge is 0.310 e. The third-order valence-corrected chi connectivity index (χ3v) is 10.0. The van der Waals surface area contributed by atoms with Crippen LogP contribution in [0.15, 0.2) is 114 Å². The van der Waals surface area contributed by atoms with Crippen LogP contribution in [0.4, 0.5) is 0 Å². The van der Waals surface area contributed by atoms with Gasteiger partial charge in [0.2, 0.25) is 0 Å². The molecule has 0 saturated carbocycles. The number of carbonyl (C=O) groups excluding carboxylic acids is 4. The van der Waals surface area contributed by atoms with Gasteiger partial charge in [0.1, 0.15) is 31.2 Å². The van der Waals surface area contributed by atoms with E-state index in [4.69, 9.17) is 24.1 Å². The van der Waals surface area contributed by atoms with Crippen LogP contribution < -0.4 is 4.74 Å². The zero-order chi connectivity index (χ0) is 43.0. The van der Waals surface area contributed by atoms with Crippen LogP contribution in [0.5, 0.6) is 5.75 Å². The molecule has 1 aromatic heterocycles. The van der Waals surface area contributed by atoms with Gasteiger partial charge < -0.3 is 29.0 Å². The molecule has 2 N–H and O–H groups in total. The minimum atomic E-state index is -0.523.